The van der Waals surface area contributed by atoms with Gasteiger partial charge in [-0.15, -0.1) is 12.4 Å². The van der Waals surface area contributed by atoms with E-state index in [-0.39, 0.29) is 48.9 Å². The number of likely N-dealkylation sites (tertiary alicyclic amines) is 1. The fourth-order valence-electron chi connectivity index (χ4n) is 2.86. The van der Waals surface area contributed by atoms with Crippen molar-refractivity contribution in [3.05, 3.63) is 0 Å². The lowest BCUT2D eigenvalue weighted by atomic mass is 9.96. The Morgan fingerprint density at radius 3 is 2.46 bits per heavy atom. The van der Waals surface area contributed by atoms with E-state index in [4.69, 9.17) is 5.73 Å². The molecule has 24 heavy (non-hydrogen) atoms. The molecule has 7 nitrogen and oxygen atoms in total. The van der Waals surface area contributed by atoms with Gasteiger partial charge in [0.2, 0.25) is 17.7 Å². The normalized spacial score (nSPS) is 17.0. The number of carbonyl (C=O) groups excluding carboxylic acids is 3. The molecule has 0 spiro atoms. The quantitative estimate of drug-likeness (QED) is 0.652. The molecule has 0 saturated carbocycles. The summed E-state index contributed by atoms with van der Waals surface area (Å²) < 4.78 is 0. The van der Waals surface area contributed by atoms with Gasteiger partial charge in [0.05, 0.1) is 5.92 Å². The highest BCUT2D eigenvalue weighted by Gasteiger charge is 2.28. The van der Waals surface area contributed by atoms with E-state index in [0.717, 1.165) is 12.8 Å². The zero-order valence-corrected chi connectivity index (χ0v) is 15.6. The number of piperidine rings is 1. The second-order valence-corrected chi connectivity index (χ2v) is 5.82. The number of rotatable bonds is 8. The first-order valence-electron chi connectivity index (χ1n) is 8.56. The van der Waals surface area contributed by atoms with Gasteiger partial charge in [0.25, 0.3) is 0 Å². The lowest BCUT2D eigenvalue weighted by Crippen LogP contribution is -2.46. The van der Waals surface area contributed by atoms with Gasteiger partial charge in [-0.3, -0.25) is 14.4 Å². The number of hydrogen-bond acceptors (Lipinski definition) is 4. The van der Waals surface area contributed by atoms with E-state index in [1.165, 1.54) is 0 Å². The molecule has 1 fully saturated rings. The third-order valence-corrected chi connectivity index (χ3v) is 4.26. The molecule has 8 heteroatoms. The third kappa shape index (κ3) is 7.05. The molecule has 0 aromatic heterocycles. The molecule has 3 N–H and O–H groups in total. The molecular weight excluding hydrogens is 332 g/mol. The Bertz CT molecular complexity index is 416. The van der Waals surface area contributed by atoms with Crippen molar-refractivity contribution < 1.29 is 14.4 Å². The number of hydrogen-bond donors (Lipinski definition) is 2. The SMILES string of the molecule is CCN(CC)C(=O)CCC(=O)N1CCCC(C(=O)NCCN)C1.Cl. The van der Waals surface area contributed by atoms with Gasteiger partial charge in [-0.1, -0.05) is 0 Å². The van der Waals surface area contributed by atoms with Crippen molar-refractivity contribution in [3.8, 4) is 0 Å². The number of nitrogens with two attached hydrogens (primary N) is 1. The van der Waals surface area contributed by atoms with Gasteiger partial charge >= 0.3 is 0 Å². The number of amides is 3. The van der Waals surface area contributed by atoms with E-state index in [1.54, 1.807) is 9.80 Å². The standard InChI is InChI=1S/C16H30N4O3.ClH/c1-3-19(4-2)14(21)7-8-15(22)20-11-5-6-13(12-20)16(23)18-10-9-17;/h13H,3-12,17H2,1-2H3,(H,18,23);1H. The van der Waals surface area contributed by atoms with Gasteiger partial charge in [0, 0.05) is 52.1 Å². The Balaban J connectivity index is 0.00000529. The van der Waals surface area contributed by atoms with Crippen LogP contribution in [0, 0.1) is 5.92 Å². The summed E-state index contributed by atoms with van der Waals surface area (Å²) in [4.78, 5) is 39.7. The van der Waals surface area contributed by atoms with Gasteiger partial charge in [-0.25, -0.2) is 0 Å². The Hall–Kier alpha value is -1.34. The largest absolute Gasteiger partial charge is 0.355 e. The van der Waals surface area contributed by atoms with Crippen LogP contribution in [0.4, 0.5) is 0 Å². The van der Waals surface area contributed by atoms with Crippen LogP contribution >= 0.6 is 12.4 Å². The number of halogens is 1. The van der Waals surface area contributed by atoms with Crippen LogP contribution in [0.1, 0.15) is 39.5 Å². The average molecular weight is 363 g/mol. The van der Waals surface area contributed by atoms with Gasteiger partial charge in [0.1, 0.15) is 0 Å². The summed E-state index contributed by atoms with van der Waals surface area (Å²) in [6.45, 7) is 7.16. The van der Waals surface area contributed by atoms with Crippen LogP contribution in [0.15, 0.2) is 0 Å². The summed E-state index contributed by atoms with van der Waals surface area (Å²) in [5, 5.41) is 2.78. The predicted molar refractivity (Wildman–Crippen MR) is 95.8 cm³/mol. The second kappa shape index (κ2) is 12.1. The molecule has 0 bridgehead atoms. The Morgan fingerprint density at radius 1 is 1.21 bits per heavy atom. The molecule has 1 heterocycles. The van der Waals surface area contributed by atoms with E-state index in [0.29, 0.717) is 39.3 Å². The van der Waals surface area contributed by atoms with Gasteiger partial charge in [0.15, 0.2) is 0 Å². The first kappa shape index (κ1) is 22.7. The summed E-state index contributed by atoms with van der Waals surface area (Å²) in [5.41, 5.74) is 5.38. The Labute approximate surface area is 150 Å². The summed E-state index contributed by atoms with van der Waals surface area (Å²) in [6, 6.07) is 0. The highest BCUT2D eigenvalue weighted by Crippen LogP contribution is 2.18. The number of nitrogens with zero attached hydrogens (tertiary/aromatic N) is 2. The minimum Gasteiger partial charge on any atom is -0.355 e. The minimum absolute atomic E-state index is 0. The Morgan fingerprint density at radius 2 is 1.88 bits per heavy atom. The molecule has 0 aliphatic carbocycles. The highest BCUT2D eigenvalue weighted by atomic mass is 35.5. The first-order valence-corrected chi connectivity index (χ1v) is 8.56. The molecule has 0 aromatic carbocycles. The lowest BCUT2D eigenvalue weighted by molar-refractivity contribution is -0.139. The van der Waals surface area contributed by atoms with Gasteiger partial charge in [-0.2, -0.15) is 0 Å². The Kier molecular flexibility index (Phi) is 11.4. The van der Waals surface area contributed by atoms with Crippen LogP contribution in [0.2, 0.25) is 0 Å². The van der Waals surface area contributed by atoms with Crippen molar-refractivity contribution in [2.45, 2.75) is 39.5 Å². The second-order valence-electron chi connectivity index (χ2n) is 5.82. The van der Waals surface area contributed by atoms with Crippen LogP contribution < -0.4 is 11.1 Å². The van der Waals surface area contributed by atoms with E-state index in [2.05, 4.69) is 5.32 Å². The maximum atomic E-state index is 12.3. The zero-order valence-electron chi connectivity index (χ0n) is 14.8. The van der Waals surface area contributed by atoms with Crippen molar-refractivity contribution in [2.24, 2.45) is 11.7 Å². The fraction of sp³-hybridized carbons (Fsp3) is 0.812. The smallest absolute Gasteiger partial charge is 0.224 e. The van der Waals surface area contributed by atoms with Crippen molar-refractivity contribution in [1.29, 1.82) is 0 Å². The summed E-state index contributed by atoms with van der Waals surface area (Å²) in [7, 11) is 0. The fourth-order valence-corrected chi connectivity index (χ4v) is 2.86. The van der Waals surface area contributed by atoms with Crippen molar-refractivity contribution in [3.63, 3.8) is 0 Å². The molecule has 140 valence electrons. The first-order chi connectivity index (χ1) is 11.0. The molecule has 1 aliphatic rings. The number of nitrogens with one attached hydrogen (secondary N) is 1. The van der Waals surface area contributed by atoms with E-state index < -0.39 is 0 Å². The summed E-state index contributed by atoms with van der Waals surface area (Å²) >= 11 is 0. The van der Waals surface area contributed by atoms with Crippen LogP contribution in [0.5, 0.6) is 0 Å². The summed E-state index contributed by atoms with van der Waals surface area (Å²) in [6.07, 6.45) is 2.06. The molecule has 0 aromatic rings. The molecule has 3 amide bonds. The molecule has 1 atom stereocenters. The molecule has 0 radical (unpaired) electrons. The zero-order chi connectivity index (χ0) is 17.2. The maximum absolute atomic E-state index is 12.3. The van der Waals surface area contributed by atoms with E-state index in [9.17, 15) is 14.4 Å². The molecule has 1 aliphatic heterocycles. The van der Waals surface area contributed by atoms with Gasteiger partial charge in [-0.05, 0) is 26.7 Å². The molecule has 1 rings (SSSR count). The van der Waals surface area contributed by atoms with Crippen LogP contribution in [0.3, 0.4) is 0 Å². The lowest BCUT2D eigenvalue weighted by Gasteiger charge is -2.32. The minimum atomic E-state index is -0.169. The van der Waals surface area contributed by atoms with Crippen molar-refractivity contribution in [1.82, 2.24) is 15.1 Å². The maximum Gasteiger partial charge on any atom is 0.224 e. The van der Waals surface area contributed by atoms with Crippen LogP contribution in [-0.4, -0.2) is 66.8 Å². The van der Waals surface area contributed by atoms with Crippen molar-refractivity contribution >= 4 is 30.1 Å². The van der Waals surface area contributed by atoms with Crippen molar-refractivity contribution in [2.75, 3.05) is 39.3 Å². The predicted octanol–water partition coefficient (Wildman–Crippen LogP) is 0.370. The average Bonchev–Trinajstić information content (AvgIpc) is 2.58. The van der Waals surface area contributed by atoms with E-state index >= 15 is 0 Å². The van der Waals surface area contributed by atoms with Crippen LogP contribution in [0.25, 0.3) is 0 Å². The van der Waals surface area contributed by atoms with E-state index in [1.807, 2.05) is 13.8 Å². The molecular formula is C16H31ClN4O3. The highest BCUT2D eigenvalue weighted by molar-refractivity contribution is 5.85. The third-order valence-electron chi connectivity index (χ3n) is 4.26. The molecule has 1 unspecified atom stereocenters. The monoisotopic (exact) mass is 362 g/mol. The van der Waals surface area contributed by atoms with Gasteiger partial charge < -0.3 is 20.9 Å². The summed E-state index contributed by atoms with van der Waals surface area (Å²) in [5.74, 6) is -0.232. The number of carbonyl (C=O) groups is 3. The molecule has 1 saturated heterocycles. The topological polar surface area (TPSA) is 95.7 Å². The van der Waals surface area contributed by atoms with Crippen LogP contribution in [-0.2, 0) is 14.4 Å².